The third-order valence-electron chi connectivity index (χ3n) is 2.88. The molecule has 0 unspecified atom stereocenters. The highest BCUT2D eigenvalue weighted by Crippen LogP contribution is 2.31. The largest absolute Gasteiger partial charge is 0.439 e. The van der Waals surface area contributed by atoms with Crippen molar-refractivity contribution < 1.29 is 17.6 Å². The van der Waals surface area contributed by atoms with Crippen molar-refractivity contribution in [3.8, 4) is 11.3 Å². The van der Waals surface area contributed by atoms with Crippen molar-refractivity contribution in [1.29, 1.82) is 0 Å². The summed E-state index contributed by atoms with van der Waals surface area (Å²) in [5, 5.41) is 3.19. The Morgan fingerprint density at radius 1 is 1.19 bits per heavy atom. The lowest BCUT2D eigenvalue weighted by atomic mass is 10.1. The van der Waals surface area contributed by atoms with Crippen LogP contribution < -0.4 is 5.32 Å². The zero-order chi connectivity index (χ0) is 15.5. The van der Waals surface area contributed by atoms with Gasteiger partial charge in [-0.15, -0.1) is 0 Å². The van der Waals surface area contributed by atoms with Gasteiger partial charge in [-0.3, -0.25) is 0 Å². The fourth-order valence-corrected chi connectivity index (χ4v) is 1.82. The van der Waals surface area contributed by atoms with Gasteiger partial charge in [0.2, 0.25) is 5.89 Å². The van der Waals surface area contributed by atoms with E-state index in [9.17, 15) is 13.2 Å². The number of benzene rings is 1. The van der Waals surface area contributed by atoms with Gasteiger partial charge in [-0.1, -0.05) is 26.0 Å². The highest BCUT2D eigenvalue weighted by atomic mass is 19.4. The van der Waals surface area contributed by atoms with Crippen molar-refractivity contribution in [2.75, 3.05) is 6.54 Å². The summed E-state index contributed by atoms with van der Waals surface area (Å²) < 4.78 is 43.0. The lowest BCUT2D eigenvalue weighted by molar-refractivity contribution is -0.137. The molecule has 0 spiro atoms. The van der Waals surface area contributed by atoms with E-state index in [0.717, 1.165) is 18.7 Å². The van der Waals surface area contributed by atoms with E-state index in [1.54, 1.807) is 0 Å². The molecule has 1 aromatic carbocycles. The van der Waals surface area contributed by atoms with Crippen molar-refractivity contribution in [2.45, 2.75) is 26.6 Å². The van der Waals surface area contributed by atoms with Gasteiger partial charge in [0.1, 0.15) is 0 Å². The fraction of sp³-hybridized carbons (Fsp3) is 0.400. The van der Waals surface area contributed by atoms with E-state index in [1.165, 1.54) is 18.3 Å². The van der Waals surface area contributed by atoms with E-state index in [4.69, 9.17) is 4.42 Å². The highest BCUT2D eigenvalue weighted by molar-refractivity contribution is 5.56. The first-order valence-corrected chi connectivity index (χ1v) is 6.69. The minimum atomic E-state index is -4.33. The molecule has 0 saturated heterocycles. The molecule has 0 aliphatic rings. The van der Waals surface area contributed by atoms with Crippen molar-refractivity contribution in [3.63, 3.8) is 0 Å². The summed E-state index contributed by atoms with van der Waals surface area (Å²) in [4.78, 5) is 4.11. The van der Waals surface area contributed by atoms with Crippen LogP contribution in [-0.2, 0) is 12.7 Å². The molecule has 114 valence electrons. The maximum atomic E-state index is 12.5. The van der Waals surface area contributed by atoms with Crippen LogP contribution in [0.4, 0.5) is 13.2 Å². The quantitative estimate of drug-likeness (QED) is 0.903. The number of hydrogen-bond acceptors (Lipinski definition) is 3. The molecule has 1 N–H and O–H groups in total. The first kappa shape index (κ1) is 15.6. The summed E-state index contributed by atoms with van der Waals surface area (Å²) >= 11 is 0. The summed E-state index contributed by atoms with van der Waals surface area (Å²) in [7, 11) is 0. The summed E-state index contributed by atoms with van der Waals surface area (Å²) in [6.45, 7) is 5.53. The Hall–Kier alpha value is -1.82. The maximum Gasteiger partial charge on any atom is 0.416 e. The van der Waals surface area contributed by atoms with Gasteiger partial charge in [-0.2, -0.15) is 13.2 Å². The summed E-state index contributed by atoms with van der Waals surface area (Å²) in [6, 6.07) is 4.84. The molecular formula is C15H17F3N2O. The van der Waals surface area contributed by atoms with E-state index in [1.807, 2.05) is 0 Å². The van der Waals surface area contributed by atoms with E-state index in [0.29, 0.717) is 29.7 Å². The Morgan fingerprint density at radius 3 is 2.43 bits per heavy atom. The van der Waals surface area contributed by atoms with Crippen LogP contribution in [0.2, 0.25) is 0 Å². The average Bonchev–Trinajstić information content (AvgIpc) is 2.86. The van der Waals surface area contributed by atoms with Crippen LogP contribution in [0, 0.1) is 5.92 Å². The van der Waals surface area contributed by atoms with Crippen molar-refractivity contribution in [3.05, 3.63) is 41.9 Å². The smallest absolute Gasteiger partial charge is 0.416 e. The van der Waals surface area contributed by atoms with Crippen LogP contribution in [0.25, 0.3) is 11.3 Å². The predicted octanol–water partition coefficient (Wildman–Crippen LogP) is 4.11. The van der Waals surface area contributed by atoms with Crippen molar-refractivity contribution >= 4 is 0 Å². The summed E-state index contributed by atoms with van der Waals surface area (Å²) in [5.41, 5.74) is -0.102. The molecule has 2 rings (SSSR count). The van der Waals surface area contributed by atoms with Crippen molar-refractivity contribution in [2.24, 2.45) is 5.92 Å². The molecular weight excluding hydrogens is 281 g/mol. The second-order valence-electron chi connectivity index (χ2n) is 5.22. The number of nitrogens with zero attached hydrogens (tertiary/aromatic N) is 1. The number of hydrogen-bond donors (Lipinski definition) is 1. The van der Waals surface area contributed by atoms with Crippen molar-refractivity contribution in [1.82, 2.24) is 10.3 Å². The molecule has 0 fully saturated rings. The van der Waals surface area contributed by atoms with E-state index in [2.05, 4.69) is 24.1 Å². The van der Waals surface area contributed by atoms with Crippen LogP contribution >= 0.6 is 0 Å². The van der Waals surface area contributed by atoms with E-state index >= 15 is 0 Å². The topological polar surface area (TPSA) is 38.1 Å². The van der Waals surface area contributed by atoms with Crippen LogP contribution in [0.15, 0.2) is 34.9 Å². The zero-order valence-corrected chi connectivity index (χ0v) is 11.9. The SMILES string of the molecule is CC(C)CNCc1ncc(-c2ccc(C(F)(F)F)cc2)o1. The zero-order valence-electron chi connectivity index (χ0n) is 11.9. The minimum absolute atomic E-state index is 0.463. The van der Waals surface area contributed by atoms with Crippen LogP contribution in [0.1, 0.15) is 25.3 Å². The Kier molecular flexibility index (Phi) is 4.67. The molecule has 0 saturated carbocycles. The molecule has 3 nitrogen and oxygen atoms in total. The molecule has 21 heavy (non-hydrogen) atoms. The lowest BCUT2D eigenvalue weighted by Crippen LogP contribution is -2.18. The molecule has 0 aliphatic carbocycles. The Labute approximate surface area is 121 Å². The van der Waals surface area contributed by atoms with Gasteiger partial charge >= 0.3 is 6.18 Å². The Morgan fingerprint density at radius 2 is 1.86 bits per heavy atom. The fourth-order valence-electron chi connectivity index (χ4n) is 1.82. The molecule has 0 aliphatic heterocycles. The minimum Gasteiger partial charge on any atom is -0.439 e. The third kappa shape index (κ3) is 4.32. The van der Waals surface area contributed by atoms with E-state index < -0.39 is 11.7 Å². The first-order valence-electron chi connectivity index (χ1n) is 6.69. The molecule has 1 heterocycles. The molecule has 0 amide bonds. The molecule has 0 bridgehead atoms. The molecule has 1 aromatic heterocycles. The number of oxazole rings is 1. The van der Waals surface area contributed by atoms with Gasteiger partial charge in [-0.05, 0) is 24.6 Å². The molecule has 2 aromatic rings. The van der Waals surface area contributed by atoms with Crippen LogP contribution in [0.3, 0.4) is 0 Å². The summed E-state index contributed by atoms with van der Waals surface area (Å²) in [5.74, 6) is 1.50. The standard InChI is InChI=1S/C15H17F3N2O/c1-10(2)7-19-9-14-20-8-13(21-14)11-3-5-12(6-4-11)15(16,17)18/h3-6,8,10,19H,7,9H2,1-2H3. The summed E-state index contributed by atoms with van der Waals surface area (Å²) in [6.07, 6.45) is -2.80. The first-order chi connectivity index (χ1) is 9.86. The molecule has 0 radical (unpaired) electrons. The van der Waals surface area contributed by atoms with Gasteiger partial charge < -0.3 is 9.73 Å². The third-order valence-corrected chi connectivity index (χ3v) is 2.88. The van der Waals surface area contributed by atoms with Crippen LogP contribution in [0.5, 0.6) is 0 Å². The lowest BCUT2D eigenvalue weighted by Gasteiger charge is -2.06. The second-order valence-corrected chi connectivity index (χ2v) is 5.22. The van der Waals surface area contributed by atoms with Gasteiger partial charge in [0.05, 0.1) is 18.3 Å². The van der Waals surface area contributed by atoms with Gasteiger partial charge in [0, 0.05) is 5.56 Å². The number of nitrogens with one attached hydrogen (secondary N) is 1. The monoisotopic (exact) mass is 298 g/mol. The predicted molar refractivity (Wildman–Crippen MR) is 73.5 cm³/mol. The van der Waals surface area contributed by atoms with Crippen LogP contribution in [-0.4, -0.2) is 11.5 Å². The Balaban J connectivity index is 2.04. The number of alkyl halides is 3. The van der Waals surface area contributed by atoms with Gasteiger partial charge in [0.25, 0.3) is 0 Å². The average molecular weight is 298 g/mol. The Bertz CT molecular complexity index is 573. The maximum absolute atomic E-state index is 12.5. The molecule has 0 atom stereocenters. The molecule has 6 heteroatoms. The normalized spacial score (nSPS) is 12.1. The highest BCUT2D eigenvalue weighted by Gasteiger charge is 2.30. The number of rotatable bonds is 5. The number of halogens is 3. The second kappa shape index (κ2) is 6.30. The van der Waals surface area contributed by atoms with Gasteiger partial charge in [-0.25, -0.2) is 4.98 Å². The van der Waals surface area contributed by atoms with Gasteiger partial charge in [0.15, 0.2) is 5.76 Å². The van der Waals surface area contributed by atoms with E-state index in [-0.39, 0.29) is 0 Å². The number of aromatic nitrogens is 1.